The lowest BCUT2D eigenvalue weighted by molar-refractivity contribution is -0.140. The van der Waals surface area contributed by atoms with Crippen LogP contribution in [-0.4, -0.2) is 77.9 Å². The molecule has 3 aliphatic heterocycles. The largest absolute Gasteiger partial charge is 0.338 e. The number of imide groups is 1. The van der Waals surface area contributed by atoms with Gasteiger partial charge in [-0.1, -0.05) is 6.08 Å². The maximum Gasteiger partial charge on any atom is 0.327 e. The molecule has 120 valence electrons. The lowest BCUT2D eigenvalue weighted by Crippen LogP contribution is -2.56. The number of urea groups is 1. The second kappa shape index (κ2) is 6.08. The molecule has 3 aliphatic rings. The molecule has 0 spiro atoms. The van der Waals surface area contributed by atoms with E-state index in [-0.39, 0.29) is 30.3 Å². The van der Waals surface area contributed by atoms with Gasteiger partial charge in [-0.15, -0.1) is 6.58 Å². The Labute approximate surface area is 129 Å². The number of fused-ring (bicyclic) bond motifs is 1. The van der Waals surface area contributed by atoms with Gasteiger partial charge in [0, 0.05) is 25.6 Å². The minimum Gasteiger partial charge on any atom is -0.338 e. The molecule has 3 rings (SSSR count). The summed E-state index contributed by atoms with van der Waals surface area (Å²) in [7, 11) is 0. The van der Waals surface area contributed by atoms with Crippen molar-refractivity contribution in [2.45, 2.75) is 18.9 Å². The minimum absolute atomic E-state index is 0.0456. The molecule has 0 saturated carbocycles. The summed E-state index contributed by atoms with van der Waals surface area (Å²) in [4.78, 5) is 41.7. The molecular formula is C15H22N4O3. The number of nitrogens with zero attached hydrogens (tertiary/aromatic N) is 3. The van der Waals surface area contributed by atoms with Crippen molar-refractivity contribution in [1.82, 2.24) is 20.0 Å². The monoisotopic (exact) mass is 306 g/mol. The van der Waals surface area contributed by atoms with E-state index in [1.54, 1.807) is 15.9 Å². The molecule has 0 aliphatic carbocycles. The highest BCUT2D eigenvalue weighted by Crippen LogP contribution is 2.24. The fourth-order valence-corrected chi connectivity index (χ4v) is 3.48. The SMILES string of the molecule is C=CCN1C(=O)[C@@H]2CN(C(=O)C3CCNCC3)CCN2C1=O. The van der Waals surface area contributed by atoms with Crippen molar-refractivity contribution in [3.63, 3.8) is 0 Å². The number of carbonyl (C=O) groups is 3. The molecule has 1 N–H and O–H groups in total. The van der Waals surface area contributed by atoms with Crippen LogP contribution in [0.25, 0.3) is 0 Å². The van der Waals surface area contributed by atoms with Crippen LogP contribution >= 0.6 is 0 Å². The first-order chi connectivity index (χ1) is 10.6. The van der Waals surface area contributed by atoms with Crippen LogP contribution in [0.4, 0.5) is 4.79 Å². The van der Waals surface area contributed by atoms with Crippen molar-refractivity contribution in [1.29, 1.82) is 0 Å². The van der Waals surface area contributed by atoms with Crippen LogP contribution in [0.5, 0.6) is 0 Å². The van der Waals surface area contributed by atoms with Gasteiger partial charge in [-0.2, -0.15) is 0 Å². The zero-order valence-electron chi connectivity index (χ0n) is 12.7. The number of piperidine rings is 1. The highest BCUT2D eigenvalue weighted by molar-refractivity contribution is 6.05. The highest BCUT2D eigenvalue weighted by atomic mass is 16.2. The summed E-state index contributed by atoms with van der Waals surface area (Å²) in [5.74, 6) is -0.0411. The van der Waals surface area contributed by atoms with Gasteiger partial charge < -0.3 is 15.1 Å². The Kier molecular flexibility index (Phi) is 4.15. The van der Waals surface area contributed by atoms with E-state index in [1.165, 1.54) is 4.90 Å². The van der Waals surface area contributed by atoms with Gasteiger partial charge in [0.1, 0.15) is 6.04 Å². The molecule has 0 radical (unpaired) electrons. The van der Waals surface area contributed by atoms with Crippen LogP contribution < -0.4 is 5.32 Å². The first-order valence-electron chi connectivity index (χ1n) is 7.86. The first kappa shape index (κ1) is 15.0. The Morgan fingerprint density at radius 1 is 1.27 bits per heavy atom. The Balaban J connectivity index is 1.68. The Hall–Kier alpha value is -1.89. The third kappa shape index (κ3) is 2.49. The molecule has 7 nitrogen and oxygen atoms in total. The first-order valence-corrected chi connectivity index (χ1v) is 7.86. The van der Waals surface area contributed by atoms with E-state index in [2.05, 4.69) is 11.9 Å². The van der Waals surface area contributed by atoms with Crippen LogP contribution in [0.2, 0.25) is 0 Å². The molecule has 22 heavy (non-hydrogen) atoms. The maximum atomic E-state index is 12.6. The summed E-state index contributed by atoms with van der Waals surface area (Å²) in [5.41, 5.74) is 0. The third-order valence-corrected chi connectivity index (χ3v) is 4.72. The van der Waals surface area contributed by atoms with Crippen LogP contribution in [0.3, 0.4) is 0 Å². The average molecular weight is 306 g/mol. The summed E-state index contributed by atoms with van der Waals surface area (Å²) < 4.78 is 0. The number of rotatable bonds is 3. The fourth-order valence-electron chi connectivity index (χ4n) is 3.48. The molecule has 4 amide bonds. The maximum absolute atomic E-state index is 12.6. The summed E-state index contributed by atoms with van der Waals surface area (Å²) >= 11 is 0. The molecule has 1 atom stereocenters. The normalized spacial score (nSPS) is 26.4. The van der Waals surface area contributed by atoms with Crippen molar-refractivity contribution >= 4 is 17.8 Å². The van der Waals surface area contributed by atoms with E-state index in [9.17, 15) is 14.4 Å². The van der Waals surface area contributed by atoms with Gasteiger partial charge in [0.2, 0.25) is 5.91 Å². The number of nitrogens with one attached hydrogen (secondary N) is 1. The zero-order chi connectivity index (χ0) is 15.7. The van der Waals surface area contributed by atoms with Crippen LogP contribution in [0.15, 0.2) is 12.7 Å². The van der Waals surface area contributed by atoms with Gasteiger partial charge in [0.05, 0.1) is 6.54 Å². The highest BCUT2D eigenvalue weighted by Gasteiger charge is 2.48. The van der Waals surface area contributed by atoms with E-state index in [0.29, 0.717) is 19.6 Å². The number of amides is 4. The van der Waals surface area contributed by atoms with E-state index >= 15 is 0 Å². The molecule has 3 fully saturated rings. The van der Waals surface area contributed by atoms with E-state index in [0.717, 1.165) is 25.9 Å². The van der Waals surface area contributed by atoms with Crippen LogP contribution in [0.1, 0.15) is 12.8 Å². The standard InChI is InChI=1S/C15H22N4O3/c1-2-7-19-14(21)12-10-17(8-9-18(12)15(19)22)13(20)11-3-5-16-6-4-11/h2,11-12,16H,1,3-10H2/t12-/m0/s1. The van der Waals surface area contributed by atoms with E-state index in [1.807, 2.05) is 0 Å². The Bertz CT molecular complexity index is 501. The van der Waals surface area contributed by atoms with Crippen LogP contribution in [-0.2, 0) is 9.59 Å². The number of carbonyl (C=O) groups excluding carboxylic acids is 3. The topological polar surface area (TPSA) is 73.0 Å². The molecule has 3 heterocycles. The van der Waals surface area contributed by atoms with E-state index in [4.69, 9.17) is 0 Å². The zero-order valence-corrected chi connectivity index (χ0v) is 12.7. The lowest BCUT2D eigenvalue weighted by Gasteiger charge is -2.37. The fraction of sp³-hybridized carbons (Fsp3) is 0.667. The quantitative estimate of drug-likeness (QED) is 0.571. The van der Waals surface area contributed by atoms with Gasteiger partial charge in [-0.3, -0.25) is 14.5 Å². The molecular weight excluding hydrogens is 284 g/mol. The molecule has 0 aromatic carbocycles. The van der Waals surface area contributed by atoms with Crippen molar-refractivity contribution in [2.75, 3.05) is 39.3 Å². The van der Waals surface area contributed by atoms with Gasteiger partial charge in [-0.25, -0.2) is 4.79 Å². The average Bonchev–Trinajstić information content (AvgIpc) is 2.80. The molecule has 0 bridgehead atoms. The summed E-state index contributed by atoms with van der Waals surface area (Å²) in [6.07, 6.45) is 3.24. The third-order valence-electron chi connectivity index (χ3n) is 4.72. The van der Waals surface area contributed by atoms with Crippen molar-refractivity contribution in [3.8, 4) is 0 Å². The van der Waals surface area contributed by atoms with Crippen molar-refractivity contribution in [3.05, 3.63) is 12.7 Å². The Morgan fingerprint density at radius 2 is 2.00 bits per heavy atom. The molecule has 0 unspecified atom stereocenters. The smallest absolute Gasteiger partial charge is 0.327 e. The number of piperazine rings is 1. The second-order valence-corrected chi connectivity index (χ2v) is 6.04. The predicted octanol–water partition coefficient (Wildman–Crippen LogP) is -0.353. The second-order valence-electron chi connectivity index (χ2n) is 6.04. The molecule has 7 heteroatoms. The number of hydrogen-bond acceptors (Lipinski definition) is 4. The van der Waals surface area contributed by atoms with Gasteiger partial charge in [-0.05, 0) is 25.9 Å². The summed E-state index contributed by atoms with van der Waals surface area (Å²) in [5, 5.41) is 3.25. The molecule has 3 saturated heterocycles. The van der Waals surface area contributed by atoms with E-state index < -0.39 is 6.04 Å². The van der Waals surface area contributed by atoms with Crippen molar-refractivity contribution < 1.29 is 14.4 Å². The summed E-state index contributed by atoms with van der Waals surface area (Å²) in [6.45, 7) is 6.80. The summed E-state index contributed by atoms with van der Waals surface area (Å²) in [6, 6.07) is -0.782. The lowest BCUT2D eigenvalue weighted by atomic mass is 9.96. The van der Waals surface area contributed by atoms with Crippen LogP contribution in [0, 0.1) is 5.92 Å². The molecule has 0 aromatic heterocycles. The minimum atomic E-state index is -0.521. The van der Waals surface area contributed by atoms with Crippen molar-refractivity contribution in [2.24, 2.45) is 5.92 Å². The predicted molar refractivity (Wildman–Crippen MR) is 80.0 cm³/mol. The van der Waals surface area contributed by atoms with Gasteiger partial charge >= 0.3 is 6.03 Å². The number of hydrogen-bond donors (Lipinski definition) is 1. The van der Waals surface area contributed by atoms with Gasteiger partial charge in [0.15, 0.2) is 0 Å². The molecule has 0 aromatic rings. The van der Waals surface area contributed by atoms with Gasteiger partial charge in [0.25, 0.3) is 5.91 Å². The Morgan fingerprint density at radius 3 is 2.68 bits per heavy atom.